The maximum absolute atomic E-state index is 12.6. The first-order valence-corrected chi connectivity index (χ1v) is 8.99. The summed E-state index contributed by atoms with van der Waals surface area (Å²) in [5.41, 5.74) is 1.03. The molecule has 2 amide bonds. The minimum absolute atomic E-state index is 0.0396. The number of hydrogen-bond acceptors (Lipinski definition) is 3. The topological polar surface area (TPSA) is 58.6 Å². The fourth-order valence-corrected chi connectivity index (χ4v) is 3.00. The molecule has 5 nitrogen and oxygen atoms in total. The molecule has 1 N–H and O–H groups in total. The summed E-state index contributed by atoms with van der Waals surface area (Å²) in [4.78, 5) is 26.6. The fourth-order valence-electron chi connectivity index (χ4n) is 2.74. The highest BCUT2D eigenvalue weighted by Gasteiger charge is 2.22. The Balaban J connectivity index is 1.62. The Morgan fingerprint density at radius 2 is 1.72 bits per heavy atom. The van der Waals surface area contributed by atoms with Crippen molar-refractivity contribution in [2.45, 2.75) is 12.8 Å². The number of benzene rings is 2. The van der Waals surface area contributed by atoms with Gasteiger partial charge in [0.05, 0.1) is 11.3 Å². The Labute approximate surface area is 155 Å². The molecule has 0 atom stereocenters. The summed E-state index contributed by atoms with van der Waals surface area (Å²) < 4.78 is 6.41. The molecule has 0 spiro atoms. The van der Waals surface area contributed by atoms with Gasteiger partial charge in [-0.25, -0.2) is 0 Å². The number of nitrogens with one attached hydrogen (secondary N) is 1. The molecule has 0 aliphatic carbocycles. The molecule has 0 unspecified atom stereocenters. The van der Waals surface area contributed by atoms with Gasteiger partial charge in [0.2, 0.25) is 0 Å². The SMILES string of the molecule is O=C(COc1ccc(Br)cc1)Nc1ccccc1C(=O)N1CCCC1. The predicted molar refractivity (Wildman–Crippen MR) is 99.8 cm³/mol. The van der Waals surface area contributed by atoms with Crippen LogP contribution in [0.15, 0.2) is 53.0 Å². The second kappa shape index (κ2) is 8.16. The highest BCUT2D eigenvalue weighted by atomic mass is 79.9. The van der Waals surface area contributed by atoms with Gasteiger partial charge in [0.25, 0.3) is 11.8 Å². The Hall–Kier alpha value is -2.34. The fraction of sp³-hybridized carbons (Fsp3) is 0.263. The van der Waals surface area contributed by atoms with Crippen LogP contribution in [0.1, 0.15) is 23.2 Å². The number of anilines is 1. The molecule has 1 aliphatic rings. The van der Waals surface area contributed by atoms with Gasteiger partial charge in [-0.1, -0.05) is 28.1 Å². The molecule has 2 aromatic rings. The van der Waals surface area contributed by atoms with E-state index < -0.39 is 0 Å². The van der Waals surface area contributed by atoms with E-state index in [1.54, 1.807) is 36.4 Å². The minimum Gasteiger partial charge on any atom is -0.484 e. The Bertz CT molecular complexity index is 756. The summed E-state index contributed by atoms with van der Waals surface area (Å²) >= 11 is 3.35. The van der Waals surface area contributed by atoms with Crippen molar-refractivity contribution < 1.29 is 14.3 Å². The molecule has 6 heteroatoms. The minimum atomic E-state index is -0.301. The molecule has 25 heavy (non-hydrogen) atoms. The lowest BCUT2D eigenvalue weighted by Crippen LogP contribution is -2.29. The number of nitrogens with zero attached hydrogens (tertiary/aromatic N) is 1. The number of ether oxygens (including phenoxy) is 1. The molecule has 0 saturated carbocycles. The molecular weight excluding hydrogens is 384 g/mol. The first-order chi connectivity index (χ1) is 12.1. The summed E-state index contributed by atoms with van der Waals surface area (Å²) in [7, 11) is 0. The summed E-state index contributed by atoms with van der Waals surface area (Å²) in [6.07, 6.45) is 2.06. The van der Waals surface area contributed by atoms with Crippen molar-refractivity contribution in [3.63, 3.8) is 0 Å². The number of para-hydroxylation sites is 1. The molecule has 1 saturated heterocycles. The highest BCUT2D eigenvalue weighted by molar-refractivity contribution is 9.10. The van der Waals surface area contributed by atoms with Crippen LogP contribution in [-0.2, 0) is 4.79 Å². The number of halogens is 1. The number of amides is 2. The third-order valence-electron chi connectivity index (χ3n) is 4.01. The zero-order valence-electron chi connectivity index (χ0n) is 13.7. The molecule has 1 aliphatic heterocycles. The van der Waals surface area contributed by atoms with Gasteiger partial charge < -0.3 is 15.0 Å². The van der Waals surface area contributed by atoms with Gasteiger partial charge in [0.15, 0.2) is 6.61 Å². The van der Waals surface area contributed by atoms with Crippen molar-refractivity contribution in [1.82, 2.24) is 4.90 Å². The van der Waals surface area contributed by atoms with Gasteiger partial charge in [-0.05, 0) is 49.2 Å². The van der Waals surface area contributed by atoms with Crippen LogP contribution in [0.3, 0.4) is 0 Å². The number of likely N-dealkylation sites (tertiary alicyclic amines) is 1. The van der Waals surface area contributed by atoms with Gasteiger partial charge in [-0.3, -0.25) is 9.59 Å². The second-order valence-electron chi connectivity index (χ2n) is 5.84. The Morgan fingerprint density at radius 3 is 2.44 bits per heavy atom. The monoisotopic (exact) mass is 402 g/mol. The van der Waals surface area contributed by atoms with Gasteiger partial charge in [-0.15, -0.1) is 0 Å². The van der Waals surface area contributed by atoms with Crippen molar-refractivity contribution in [3.05, 3.63) is 58.6 Å². The van der Waals surface area contributed by atoms with Crippen molar-refractivity contribution in [2.75, 3.05) is 25.0 Å². The van der Waals surface area contributed by atoms with Crippen molar-refractivity contribution in [3.8, 4) is 5.75 Å². The van der Waals surface area contributed by atoms with Gasteiger partial charge in [0, 0.05) is 17.6 Å². The largest absolute Gasteiger partial charge is 0.484 e. The molecule has 1 fully saturated rings. The van der Waals surface area contributed by atoms with E-state index in [4.69, 9.17) is 4.74 Å². The summed E-state index contributed by atoms with van der Waals surface area (Å²) in [6.45, 7) is 1.43. The maximum Gasteiger partial charge on any atom is 0.262 e. The molecule has 0 aromatic heterocycles. The molecule has 130 valence electrons. The lowest BCUT2D eigenvalue weighted by molar-refractivity contribution is -0.118. The molecule has 0 radical (unpaired) electrons. The average Bonchev–Trinajstić information content (AvgIpc) is 3.16. The number of rotatable bonds is 5. The van der Waals surface area contributed by atoms with E-state index in [1.165, 1.54) is 0 Å². The lowest BCUT2D eigenvalue weighted by atomic mass is 10.1. The number of hydrogen-bond donors (Lipinski definition) is 1. The predicted octanol–water partition coefficient (Wildman–Crippen LogP) is 3.70. The first kappa shape index (κ1) is 17.5. The zero-order valence-corrected chi connectivity index (χ0v) is 15.3. The van der Waals surface area contributed by atoms with Crippen molar-refractivity contribution in [2.24, 2.45) is 0 Å². The van der Waals surface area contributed by atoms with E-state index in [-0.39, 0.29) is 18.4 Å². The van der Waals surface area contributed by atoms with E-state index in [1.807, 2.05) is 17.0 Å². The highest BCUT2D eigenvalue weighted by Crippen LogP contribution is 2.20. The molecule has 0 bridgehead atoms. The first-order valence-electron chi connectivity index (χ1n) is 8.20. The molecule has 3 rings (SSSR count). The average molecular weight is 403 g/mol. The zero-order chi connectivity index (χ0) is 17.6. The van der Waals surface area contributed by atoms with Gasteiger partial charge in [0.1, 0.15) is 5.75 Å². The quantitative estimate of drug-likeness (QED) is 0.828. The van der Waals surface area contributed by atoms with Crippen molar-refractivity contribution in [1.29, 1.82) is 0 Å². The molecular formula is C19H19BrN2O3. The van der Waals surface area contributed by atoms with Crippen LogP contribution in [0, 0.1) is 0 Å². The van der Waals surface area contributed by atoms with Crippen LogP contribution in [0.4, 0.5) is 5.69 Å². The van der Waals surface area contributed by atoms with Crippen LogP contribution in [0.2, 0.25) is 0 Å². The summed E-state index contributed by atoms with van der Waals surface area (Å²) in [5, 5.41) is 2.78. The Kier molecular flexibility index (Phi) is 5.71. The molecule has 1 heterocycles. The van der Waals surface area contributed by atoms with Crippen LogP contribution < -0.4 is 10.1 Å². The smallest absolute Gasteiger partial charge is 0.262 e. The standard InChI is InChI=1S/C19H19BrN2O3/c20-14-7-9-15(10-8-14)25-13-18(23)21-17-6-2-1-5-16(17)19(24)22-11-3-4-12-22/h1-2,5-10H,3-4,11-13H2,(H,21,23). The Morgan fingerprint density at radius 1 is 1.04 bits per heavy atom. The molecule has 2 aromatic carbocycles. The normalized spacial score (nSPS) is 13.6. The van der Waals surface area contributed by atoms with Crippen LogP contribution in [0.5, 0.6) is 5.75 Å². The van der Waals surface area contributed by atoms with E-state index in [0.717, 1.165) is 30.4 Å². The summed E-state index contributed by atoms with van der Waals surface area (Å²) in [6, 6.07) is 14.3. The van der Waals surface area contributed by atoms with Gasteiger partial charge in [-0.2, -0.15) is 0 Å². The third kappa shape index (κ3) is 4.60. The number of carbonyl (C=O) groups excluding carboxylic acids is 2. The van der Waals surface area contributed by atoms with E-state index in [9.17, 15) is 9.59 Å². The van der Waals surface area contributed by atoms with E-state index in [0.29, 0.717) is 17.0 Å². The second-order valence-corrected chi connectivity index (χ2v) is 6.75. The third-order valence-corrected chi connectivity index (χ3v) is 4.54. The van der Waals surface area contributed by atoms with E-state index in [2.05, 4.69) is 21.2 Å². The number of carbonyl (C=O) groups is 2. The van der Waals surface area contributed by atoms with Crippen LogP contribution in [0.25, 0.3) is 0 Å². The lowest BCUT2D eigenvalue weighted by Gasteiger charge is -2.18. The maximum atomic E-state index is 12.6. The van der Waals surface area contributed by atoms with Gasteiger partial charge >= 0.3 is 0 Å². The van der Waals surface area contributed by atoms with Crippen molar-refractivity contribution >= 4 is 33.4 Å². The summed E-state index contributed by atoms with van der Waals surface area (Å²) in [5.74, 6) is 0.270. The van der Waals surface area contributed by atoms with E-state index >= 15 is 0 Å². The van der Waals surface area contributed by atoms with Crippen LogP contribution in [-0.4, -0.2) is 36.4 Å². The van der Waals surface area contributed by atoms with Crippen LogP contribution >= 0.6 is 15.9 Å².